The lowest BCUT2D eigenvalue weighted by Gasteiger charge is -2.49. The molecule has 0 aromatic heterocycles. The van der Waals surface area contributed by atoms with Crippen LogP contribution in [0.25, 0.3) is 0 Å². The molecule has 6 nitrogen and oxygen atoms in total. The van der Waals surface area contributed by atoms with Gasteiger partial charge in [-0.25, -0.2) is 8.42 Å². The summed E-state index contributed by atoms with van der Waals surface area (Å²) in [6.07, 6.45) is 1.62. The number of methoxy groups -OCH3 is 1. The van der Waals surface area contributed by atoms with E-state index in [2.05, 4.69) is 18.7 Å². The molecule has 0 saturated carbocycles. The van der Waals surface area contributed by atoms with Crippen LogP contribution >= 0.6 is 0 Å². The van der Waals surface area contributed by atoms with Crippen molar-refractivity contribution in [2.24, 2.45) is 11.3 Å². The lowest BCUT2D eigenvalue weighted by molar-refractivity contribution is 0.101. The van der Waals surface area contributed by atoms with E-state index in [1.165, 1.54) is 4.31 Å². The zero-order valence-electron chi connectivity index (χ0n) is 20.2. The zero-order valence-corrected chi connectivity index (χ0v) is 21.0. The van der Waals surface area contributed by atoms with Gasteiger partial charge < -0.3 is 4.74 Å². The molecular weight excluding hydrogens is 470 g/mol. The highest BCUT2D eigenvalue weighted by Gasteiger charge is 2.58. The fraction of sp³-hybridized carbons (Fsp3) is 0.241. The number of aryl methyl sites for hydroxylation is 1. The third kappa shape index (κ3) is 4.18. The summed E-state index contributed by atoms with van der Waals surface area (Å²) in [6.45, 7) is 5.93. The van der Waals surface area contributed by atoms with Crippen molar-refractivity contribution in [1.82, 2.24) is 4.31 Å². The number of sulfonamides is 1. The van der Waals surface area contributed by atoms with E-state index >= 15 is 0 Å². The van der Waals surface area contributed by atoms with E-state index in [1.54, 1.807) is 73.8 Å². The quantitative estimate of drug-likeness (QED) is 0.427. The van der Waals surface area contributed by atoms with Gasteiger partial charge in [0.25, 0.3) is 0 Å². The Morgan fingerprint density at radius 3 is 2.11 bits per heavy atom. The number of ether oxygens (including phenoxy) is 1. The van der Waals surface area contributed by atoms with E-state index in [-0.39, 0.29) is 11.4 Å². The fourth-order valence-electron chi connectivity index (χ4n) is 5.10. The number of nitriles is 2. The summed E-state index contributed by atoms with van der Waals surface area (Å²) in [4.78, 5) is 0.115. The average molecular weight is 498 g/mol. The summed E-state index contributed by atoms with van der Waals surface area (Å²) < 4.78 is 34.9. The molecule has 1 aliphatic rings. The van der Waals surface area contributed by atoms with E-state index in [0.717, 1.165) is 11.1 Å². The van der Waals surface area contributed by atoms with Gasteiger partial charge in [0.2, 0.25) is 10.0 Å². The summed E-state index contributed by atoms with van der Waals surface area (Å²) in [5, 5.41) is 21.1. The lowest BCUT2D eigenvalue weighted by atomic mass is 9.61. The minimum atomic E-state index is -4.08. The first kappa shape index (κ1) is 25.2. The predicted octanol–water partition coefficient (Wildman–Crippen LogP) is 5.37. The van der Waals surface area contributed by atoms with Crippen molar-refractivity contribution in [3.63, 3.8) is 0 Å². The van der Waals surface area contributed by atoms with Gasteiger partial charge >= 0.3 is 0 Å². The van der Waals surface area contributed by atoms with Gasteiger partial charge in [-0.2, -0.15) is 14.8 Å². The van der Waals surface area contributed by atoms with Crippen molar-refractivity contribution in [3.8, 4) is 17.9 Å². The van der Waals surface area contributed by atoms with Crippen molar-refractivity contribution >= 4 is 10.0 Å². The zero-order chi connectivity index (χ0) is 25.9. The average Bonchev–Trinajstić information content (AvgIpc) is 2.92. The maximum Gasteiger partial charge on any atom is 0.243 e. The SMILES string of the molecule is C=C[C@@H]1[C@H](c2ccc(OC)cc2)CN(S(=O)(=O)c2ccc(C)cc2)[C@@H](c2ccccc2)C1(C#N)C#N. The number of nitrogens with zero attached hydrogens (tertiary/aromatic N) is 3. The third-order valence-corrected chi connectivity index (χ3v) is 8.81. The normalized spacial score (nSPS) is 21.6. The van der Waals surface area contributed by atoms with Gasteiger partial charge in [-0.15, -0.1) is 6.58 Å². The molecule has 3 aromatic carbocycles. The molecule has 7 heteroatoms. The standard InChI is InChI=1S/C29H27N3O3S/c1-4-27-26(22-12-14-24(35-3)15-13-22)18-32(36(33,34)25-16-10-21(2)11-17-25)28(29(27,19-30)20-31)23-8-6-5-7-9-23/h4-17,26-28H,1,18H2,2-3H3/t26-,27+,28-/m0/s1. The molecule has 3 aromatic rings. The summed E-state index contributed by atoms with van der Waals surface area (Å²) in [5.41, 5.74) is 0.588. The monoisotopic (exact) mass is 497 g/mol. The number of benzene rings is 3. The molecular formula is C29H27N3O3S. The number of allylic oxidation sites excluding steroid dienone is 1. The molecule has 0 bridgehead atoms. The first-order valence-corrected chi connectivity index (χ1v) is 13.0. The second-order valence-electron chi connectivity index (χ2n) is 8.93. The molecule has 0 amide bonds. The lowest BCUT2D eigenvalue weighted by Crippen LogP contribution is -2.54. The maximum absolute atomic E-state index is 14.1. The number of hydrogen-bond donors (Lipinski definition) is 0. The first-order valence-electron chi connectivity index (χ1n) is 11.5. The minimum Gasteiger partial charge on any atom is -0.497 e. The van der Waals surface area contributed by atoms with Crippen LogP contribution in [0.2, 0.25) is 0 Å². The largest absolute Gasteiger partial charge is 0.497 e. The Bertz CT molecular complexity index is 1410. The van der Waals surface area contributed by atoms with Crippen molar-refractivity contribution < 1.29 is 13.2 Å². The Labute approximate surface area is 212 Å². The maximum atomic E-state index is 14.1. The molecule has 0 unspecified atom stereocenters. The molecule has 0 N–H and O–H groups in total. The molecule has 0 aliphatic carbocycles. The smallest absolute Gasteiger partial charge is 0.243 e. The van der Waals surface area contributed by atoms with Crippen molar-refractivity contribution in [1.29, 1.82) is 10.5 Å². The Balaban J connectivity index is 1.98. The van der Waals surface area contributed by atoms with Crippen LogP contribution < -0.4 is 4.74 Å². The van der Waals surface area contributed by atoms with Gasteiger partial charge in [-0.1, -0.05) is 66.2 Å². The summed E-state index contributed by atoms with van der Waals surface area (Å²) >= 11 is 0. The molecule has 0 radical (unpaired) electrons. The van der Waals surface area contributed by atoms with Gasteiger partial charge in [-0.05, 0) is 42.3 Å². The molecule has 182 valence electrons. The Morgan fingerprint density at radius 1 is 0.972 bits per heavy atom. The van der Waals surface area contributed by atoms with Crippen LogP contribution in [0.3, 0.4) is 0 Å². The first-order chi connectivity index (χ1) is 17.3. The summed E-state index contributed by atoms with van der Waals surface area (Å²) in [6, 6.07) is 26.2. The Hall–Kier alpha value is -3.91. The van der Waals surface area contributed by atoms with Crippen LogP contribution in [-0.2, 0) is 10.0 Å². The van der Waals surface area contributed by atoms with Gasteiger partial charge in [0.1, 0.15) is 5.75 Å². The van der Waals surface area contributed by atoms with Crippen molar-refractivity contribution in [3.05, 3.63) is 108 Å². The highest BCUT2D eigenvalue weighted by atomic mass is 32.2. The van der Waals surface area contributed by atoms with Crippen LogP contribution in [0.5, 0.6) is 5.75 Å². The number of rotatable bonds is 6. The fourth-order valence-corrected chi connectivity index (χ4v) is 6.77. The highest BCUT2D eigenvalue weighted by Crippen LogP contribution is 2.55. The molecule has 3 atom stereocenters. The Kier molecular flexibility index (Phi) is 6.99. The molecule has 1 saturated heterocycles. The molecule has 1 heterocycles. The van der Waals surface area contributed by atoms with Gasteiger partial charge in [0, 0.05) is 18.4 Å². The highest BCUT2D eigenvalue weighted by molar-refractivity contribution is 7.89. The van der Waals surface area contributed by atoms with E-state index in [0.29, 0.717) is 11.3 Å². The van der Waals surface area contributed by atoms with E-state index < -0.39 is 33.3 Å². The van der Waals surface area contributed by atoms with Gasteiger partial charge in [0.05, 0.1) is 30.2 Å². The minimum absolute atomic E-state index is 0.0733. The van der Waals surface area contributed by atoms with E-state index in [1.807, 2.05) is 25.1 Å². The topological polar surface area (TPSA) is 94.2 Å². The molecule has 4 rings (SSSR count). The predicted molar refractivity (Wildman–Crippen MR) is 137 cm³/mol. The number of piperidine rings is 1. The second kappa shape index (κ2) is 9.99. The van der Waals surface area contributed by atoms with Crippen LogP contribution in [-0.4, -0.2) is 26.4 Å². The summed E-state index contributed by atoms with van der Waals surface area (Å²) in [7, 11) is -2.51. The number of hydrogen-bond acceptors (Lipinski definition) is 5. The molecule has 0 spiro atoms. The van der Waals surface area contributed by atoms with E-state index in [4.69, 9.17) is 4.74 Å². The van der Waals surface area contributed by atoms with Crippen molar-refractivity contribution in [2.75, 3.05) is 13.7 Å². The third-order valence-electron chi connectivity index (χ3n) is 6.97. The molecule has 1 aliphatic heterocycles. The van der Waals surface area contributed by atoms with Crippen LogP contribution in [0.4, 0.5) is 0 Å². The van der Waals surface area contributed by atoms with Crippen LogP contribution in [0.1, 0.15) is 28.7 Å². The second-order valence-corrected chi connectivity index (χ2v) is 10.8. The molecule has 1 fully saturated rings. The van der Waals surface area contributed by atoms with E-state index in [9.17, 15) is 18.9 Å². The van der Waals surface area contributed by atoms with Gasteiger partial charge in [0.15, 0.2) is 5.41 Å². The van der Waals surface area contributed by atoms with Crippen LogP contribution in [0, 0.1) is 40.9 Å². The molecule has 36 heavy (non-hydrogen) atoms. The Morgan fingerprint density at radius 2 is 1.58 bits per heavy atom. The van der Waals surface area contributed by atoms with Crippen LogP contribution in [0.15, 0.2) is 96.4 Å². The summed E-state index contributed by atoms with van der Waals surface area (Å²) in [5.74, 6) is -0.453. The van der Waals surface area contributed by atoms with Gasteiger partial charge in [-0.3, -0.25) is 0 Å². The van der Waals surface area contributed by atoms with Crippen molar-refractivity contribution in [2.45, 2.75) is 23.8 Å².